The molecule has 0 saturated heterocycles. The van der Waals surface area contributed by atoms with Gasteiger partial charge in [-0.1, -0.05) is 37.0 Å². The maximum Gasteiger partial charge on any atom is 0.475 e. The maximum atomic E-state index is 13.0. The van der Waals surface area contributed by atoms with Crippen molar-refractivity contribution in [2.75, 3.05) is 6.54 Å². The van der Waals surface area contributed by atoms with E-state index < -0.39 is 36.8 Å². The summed E-state index contributed by atoms with van der Waals surface area (Å²) in [5.41, 5.74) is 1.42. The summed E-state index contributed by atoms with van der Waals surface area (Å²) in [5, 5.41) is 27.2. The minimum Gasteiger partial charge on any atom is -0.426 e. The fraction of sp³-hybridized carbons (Fsp3) is 0.409. The SMILES string of the molecule is Cc1ccc(C(=O)NC[C@H](NC(=O)c2cnccn2)C(=O)NC(CC2CCC2)B(O)O)cc1. The predicted octanol–water partition coefficient (Wildman–Crippen LogP) is 0.000420. The zero-order valence-corrected chi connectivity index (χ0v) is 18.4. The molecule has 1 unspecified atom stereocenters. The van der Waals surface area contributed by atoms with Gasteiger partial charge in [-0.3, -0.25) is 19.4 Å². The van der Waals surface area contributed by atoms with Crippen molar-refractivity contribution in [1.29, 1.82) is 0 Å². The molecule has 0 aliphatic heterocycles. The molecule has 0 bridgehead atoms. The van der Waals surface area contributed by atoms with E-state index in [0.29, 0.717) is 17.9 Å². The third kappa shape index (κ3) is 7.09. The third-order valence-electron chi connectivity index (χ3n) is 5.70. The number of hydrogen-bond donors (Lipinski definition) is 5. The molecule has 5 N–H and O–H groups in total. The minimum absolute atomic E-state index is 0.00775. The molecule has 2 atom stereocenters. The highest BCUT2D eigenvalue weighted by molar-refractivity contribution is 6.43. The predicted molar refractivity (Wildman–Crippen MR) is 121 cm³/mol. The zero-order valence-electron chi connectivity index (χ0n) is 18.4. The quantitative estimate of drug-likeness (QED) is 0.318. The van der Waals surface area contributed by atoms with Crippen molar-refractivity contribution in [2.45, 2.75) is 44.6 Å². The van der Waals surface area contributed by atoms with E-state index in [4.69, 9.17) is 0 Å². The average Bonchev–Trinajstić information content (AvgIpc) is 2.78. The van der Waals surface area contributed by atoms with E-state index in [1.165, 1.54) is 18.6 Å². The Kier molecular flexibility index (Phi) is 8.50. The molecule has 0 radical (unpaired) electrons. The number of hydrogen-bond acceptors (Lipinski definition) is 7. The molecule has 1 aliphatic rings. The van der Waals surface area contributed by atoms with Crippen LogP contribution < -0.4 is 16.0 Å². The Morgan fingerprint density at radius 2 is 1.82 bits per heavy atom. The fourth-order valence-electron chi connectivity index (χ4n) is 3.49. The summed E-state index contributed by atoms with van der Waals surface area (Å²) in [7, 11) is -1.74. The van der Waals surface area contributed by atoms with Crippen LogP contribution in [0.4, 0.5) is 0 Å². The number of rotatable bonds is 10. The Morgan fingerprint density at radius 1 is 1.09 bits per heavy atom. The largest absolute Gasteiger partial charge is 0.475 e. The van der Waals surface area contributed by atoms with Gasteiger partial charge in [0, 0.05) is 24.5 Å². The molecule has 10 nitrogen and oxygen atoms in total. The van der Waals surface area contributed by atoms with Crippen molar-refractivity contribution < 1.29 is 24.4 Å². The summed E-state index contributed by atoms with van der Waals surface area (Å²) in [5.74, 6) is -2.27. The van der Waals surface area contributed by atoms with Gasteiger partial charge in [-0.15, -0.1) is 0 Å². The molecule has 3 amide bonds. The van der Waals surface area contributed by atoms with Crippen LogP contribution >= 0.6 is 0 Å². The molecule has 0 spiro atoms. The van der Waals surface area contributed by atoms with Crippen molar-refractivity contribution in [3.05, 3.63) is 59.7 Å². The van der Waals surface area contributed by atoms with Gasteiger partial charge in [0.2, 0.25) is 5.91 Å². The molecule has 174 valence electrons. The van der Waals surface area contributed by atoms with Gasteiger partial charge in [0.05, 0.1) is 12.1 Å². The lowest BCUT2D eigenvalue weighted by molar-refractivity contribution is -0.123. The second kappa shape index (κ2) is 11.5. The molecule has 33 heavy (non-hydrogen) atoms. The Balaban J connectivity index is 1.69. The van der Waals surface area contributed by atoms with Gasteiger partial charge in [-0.2, -0.15) is 0 Å². The Bertz CT molecular complexity index is 953. The van der Waals surface area contributed by atoms with Gasteiger partial charge in [0.25, 0.3) is 11.8 Å². The molecule has 3 rings (SSSR count). The van der Waals surface area contributed by atoms with E-state index in [2.05, 4.69) is 25.9 Å². The number of nitrogens with one attached hydrogen (secondary N) is 3. The first-order chi connectivity index (χ1) is 15.8. The van der Waals surface area contributed by atoms with Crippen LogP contribution in [0.1, 0.15) is 52.1 Å². The van der Waals surface area contributed by atoms with E-state index in [1.54, 1.807) is 24.3 Å². The smallest absolute Gasteiger partial charge is 0.426 e. The summed E-state index contributed by atoms with van der Waals surface area (Å²) >= 11 is 0. The number of amides is 3. The fourth-order valence-corrected chi connectivity index (χ4v) is 3.49. The number of aryl methyl sites for hydroxylation is 1. The number of carbonyl (C=O) groups is 3. The molecular weight excluding hydrogens is 425 g/mol. The van der Waals surface area contributed by atoms with E-state index in [1.807, 2.05) is 6.92 Å². The van der Waals surface area contributed by atoms with Crippen molar-refractivity contribution in [1.82, 2.24) is 25.9 Å². The van der Waals surface area contributed by atoms with Gasteiger partial charge in [-0.25, -0.2) is 4.98 Å². The van der Waals surface area contributed by atoms with E-state index in [9.17, 15) is 24.4 Å². The van der Waals surface area contributed by atoms with Gasteiger partial charge in [0.1, 0.15) is 11.7 Å². The average molecular weight is 453 g/mol. The van der Waals surface area contributed by atoms with Crippen molar-refractivity contribution in [3.63, 3.8) is 0 Å². The third-order valence-corrected chi connectivity index (χ3v) is 5.70. The van der Waals surface area contributed by atoms with Gasteiger partial charge >= 0.3 is 7.12 Å². The molecule has 2 aromatic rings. The number of aromatic nitrogens is 2. The summed E-state index contributed by atoms with van der Waals surface area (Å²) in [4.78, 5) is 45.8. The van der Waals surface area contributed by atoms with Crippen LogP contribution in [-0.4, -0.2) is 63.4 Å². The first-order valence-electron chi connectivity index (χ1n) is 10.9. The molecular formula is C22H28BN5O5. The topological polar surface area (TPSA) is 154 Å². The van der Waals surface area contributed by atoms with Crippen molar-refractivity contribution in [3.8, 4) is 0 Å². The molecule has 1 saturated carbocycles. The lowest BCUT2D eigenvalue weighted by atomic mass is 9.70. The van der Waals surface area contributed by atoms with Gasteiger partial charge < -0.3 is 26.0 Å². The molecule has 11 heteroatoms. The second-order valence-electron chi connectivity index (χ2n) is 8.25. The highest BCUT2D eigenvalue weighted by Crippen LogP contribution is 2.30. The monoisotopic (exact) mass is 453 g/mol. The molecule has 1 heterocycles. The zero-order chi connectivity index (χ0) is 23.8. The highest BCUT2D eigenvalue weighted by Gasteiger charge is 2.33. The second-order valence-corrected chi connectivity index (χ2v) is 8.25. The maximum absolute atomic E-state index is 13.0. The number of carbonyl (C=O) groups excluding carboxylic acids is 3. The van der Waals surface area contributed by atoms with Crippen LogP contribution in [0.5, 0.6) is 0 Å². The summed E-state index contributed by atoms with van der Waals surface area (Å²) < 4.78 is 0. The highest BCUT2D eigenvalue weighted by atomic mass is 16.4. The van der Waals surface area contributed by atoms with Crippen LogP contribution in [0.2, 0.25) is 0 Å². The van der Waals surface area contributed by atoms with Gasteiger partial charge in [0.15, 0.2) is 0 Å². The van der Waals surface area contributed by atoms with Crippen molar-refractivity contribution >= 4 is 24.8 Å². The van der Waals surface area contributed by atoms with Crippen LogP contribution in [0, 0.1) is 12.8 Å². The molecule has 1 aliphatic carbocycles. The minimum atomic E-state index is -1.74. The standard InChI is InChI=1S/C22H28BN5O5/c1-14-5-7-16(8-6-14)20(29)26-13-18(27-21(30)17-12-24-9-10-25-17)22(31)28-19(23(32)33)11-15-3-2-4-15/h5-10,12,15,18-19,32-33H,2-4,11,13H2,1H3,(H,26,29)(H,27,30)(H,28,31)/t18-,19?/m0/s1. The molecule has 1 aromatic carbocycles. The van der Waals surface area contributed by atoms with E-state index >= 15 is 0 Å². The van der Waals surface area contributed by atoms with Crippen LogP contribution in [0.25, 0.3) is 0 Å². The summed E-state index contributed by atoms with van der Waals surface area (Å²) in [6.45, 7) is 1.70. The first-order valence-corrected chi connectivity index (χ1v) is 10.9. The van der Waals surface area contributed by atoms with Crippen LogP contribution in [0.3, 0.4) is 0 Å². The molecule has 1 aromatic heterocycles. The van der Waals surface area contributed by atoms with Crippen LogP contribution in [0.15, 0.2) is 42.9 Å². The number of benzene rings is 1. The Morgan fingerprint density at radius 3 is 2.39 bits per heavy atom. The lowest BCUT2D eigenvalue weighted by Crippen LogP contribution is -2.57. The molecule has 1 fully saturated rings. The normalized spacial score (nSPS) is 15.0. The van der Waals surface area contributed by atoms with E-state index in [-0.39, 0.29) is 12.2 Å². The summed E-state index contributed by atoms with van der Waals surface area (Å²) in [6, 6.07) is 5.74. The van der Waals surface area contributed by atoms with Crippen molar-refractivity contribution in [2.24, 2.45) is 5.92 Å². The first kappa shape index (κ1) is 24.3. The Hall–Kier alpha value is -3.31. The Labute approximate surface area is 192 Å². The van der Waals surface area contributed by atoms with Crippen LogP contribution in [-0.2, 0) is 4.79 Å². The number of nitrogens with zero attached hydrogens (tertiary/aromatic N) is 2. The van der Waals surface area contributed by atoms with Gasteiger partial charge in [-0.05, 0) is 31.4 Å². The summed E-state index contributed by atoms with van der Waals surface area (Å²) in [6.07, 6.45) is 7.46. The lowest BCUT2D eigenvalue weighted by Gasteiger charge is -2.30. The van der Waals surface area contributed by atoms with E-state index in [0.717, 1.165) is 24.8 Å².